The fourth-order valence-corrected chi connectivity index (χ4v) is 2.56. The van der Waals surface area contributed by atoms with Gasteiger partial charge in [-0.25, -0.2) is 9.97 Å². The molecule has 0 atom stereocenters. The molecule has 7 nitrogen and oxygen atoms in total. The second-order valence-electron chi connectivity index (χ2n) is 5.62. The third-order valence-electron chi connectivity index (χ3n) is 3.92. The van der Waals surface area contributed by atoms with Crippen LogP contribution in [0.3, 0.4) is 0 Å². The smallest absolute Gasteiger partial charge is 0.252 e. The second kappa shape index (κ2) is 8.47. The Morgan fingerprint density at radius 2 is 1.96 bits per heavy atom. The molecular weight excluding hydrogens is 306 g/mol. The van der Waals surface area contributed by atoms with Crippen molar-refractivity contribution < 1.29 is 9.53 Å². The Hall–Kier alpha value is -2.38. The van der Waals surface area contributed by atoms with Crippen LogP contribution in [0, 0.1) is 0 Å². The third-order valence-corrected chi connectivity index (χ3v) is 3.92. The molecule has 1 amide bonds. The number of carbonyl (C=O) groups is 1. The average Bonchev–Trinajstić information content (AvgIpc) is 2.67. The van der Waals surface area contributed by atoms with Gasteiger partial charge in [0.25, 0.3) is 5.91 Å². The van der Waals surface area contributed by atoms with Crippen LogP contribution >= 0.6 is 0 Å². The van der Waals surface area contributed by atoms with Gasteiger partial charge in [-0.1, -0.05) is 0 Å². The summed E-state index contributed by atoms with van der Waals surface area (Å²) < 4.78 is 5.32. The molecule has 24 heavy (non-hydrogen) atoms. The van der Waals surface area contributed by atoms with Crippen molar-refractivity contribution in [2.75, 3.05) is 39.4 Å². The highest BCUT2D eigenvalue weighted by molar-refractivity contribution is 5.94. The van der Waals surface area contributed by atoms with E-state index in [0.29, 0.717) is 12.1 Å². The molecule has 0 unspecified atom stereocenters. The quantitative estimate of drug-likeness (QED) is 0.797. The normalized spacial score (nSPS) is 15.2. The highest BCUT2D eigenvalue weighted by Gasteiger charge is 2.10. The van der Waals surface area contributed by atoms with Gasteiger partial charge in [0.15, 0.2) is 0 Å². The second-order valence-corrected chi connectivity index (χ2v) is 5.62. The predicted molar refractivity (Wildman–Crippen MR) is 89.5 cm³/mol. The number of ether oxygens (including phenoxy) is 1. The highest BCUT2D eigenvalue weighted by Crippen LogP contribution is 2.14. The minimum Gasteiger partial charge on any atom is -0.379 e. The first-order chi connectivity index (χ1) is 11.8. The summed E-state index contributed by atoms with van der Waals surface area (Å²) in [6.45, 7) is 5.19. The molecule has 1 aliphatic rings. The van der Waals surface area contributed by atoms with E-state index in [1.165, 1.54) is 6.33 Å². The molecule has 7 heteroatoms. The summed E-state index contributed by atoms with van der Waals surface area (Å²) in [5.74, 6) is -0.0969. The molecule has 0 aromatic carbocycles. The zero-order chi connectivity index (χ0) is 16.6. The number of morpholine rings is 1. The predicted octanol–water partition coefficient (Wildman–Crippen LogP) is 0.991. The number of nitrogens with zero attached hydrogens (tertiary/aromatic N) is 4. The number of amides is 1. The number of rotatable bonds is 6. The lowest BCUT2D eigenvalue weighted by atomic mass is 10.2. The molecule has 0 bridgehead atoms. The van der Waals surface area contributed by atoms with E-state index in [4.69, 9.17) is 4.74 Å². The van der Waals surface area contributed by atoms with Crippen molar-refractivity contribution in [2.24, 2.45) is 0 Å². The summed E-state index contributed by atoms with van der Waals surface area (Å²) in [6.07, 6.45) is 7.38. The molecule has 1 fully saturated rings. The zero-order valence-electron chi connectivity index (χ0n) is 13.5. The number of aromatic nitrogens is 3. The molecule has 1 saturated heterocycles. The fraction of sp³-hybridized carbons (Fsp3) is 0.412. The number of hydrogen-bond acceptors (Lipinski definition) is 6. The molecule has 0 spiro atoms. The summed E-state index contributed by atoms with van der Waals surface area (Å²) >= 11 is 0. The van der Waals surface area contributed by atoms with Crippen molar-refractivity contribution in [1.29, 1.82) is 0 Å². The summed E-state index contributed by atoms with van der Waals surface area (Å²) in [7, 11) is 0. The van der Waals surface area contributed by atoms with Crippen LogP contribution in [-0.2, 0) is 4.74 Å². The van der Waals surface area contributed by atoms with Crippen LogP contribution in [0.15, 0.2) is 37.1 Å². The Morgan fingerprint density at radius 3 is 2.67 bits per heavy atom. The van der Waals surface area contributed by atoms with Crippen LogP contribution in [0.4, 0.5) is 0 Å². The lowest BCUT2D eigenvalue weighted by Crippen LogP contribution is -2.38. The first-order valence-electron chi connectivity index (χ1n) is 8.13. The summed E-state index contributed by atoms with van der Waals surface area (Å²) in [6, 6.07) is 3.58. The standard InChI is InChI=1S/C17H21N5O2/c23-17(20-4-1-5-22-6-8-24-9-7-22)14-2-3-16(21-12-14)15-10-18-13-19-11-15/h2-3,10-13H,1,4-9H2,(H,20,23). The SMILES string of the molecule is O=C(NCCCN1CCOCC1)c1ccc(-c2cncnc2)nc1. The monoisotopic (exact) mass is 327 g/mol. The first kappa shape index (κ1) is 16.5. The van der Waals surface area contributed by atoms with Crippen molar-refractivity contribution in [3.63, 3.8) is 0 Å². The van der Waals surface area contributed by atoms with Gasteiger partial charge >= 0.3 is 0 Å². The first-order valence-corrected chi connectivity index (χ1v) is 8.13. The Kier molecular flexibility index (Phi) is 5.81. The minimum absolute atomic E-state index is 0.0969. The van der Waals surface area contributed by atoms with Crippen LogP contribution < -0.4 is 5.32 Å². The van der Waals surface area contributed by atoms with Crippen LogP contribution in [0.1, 0.15) is 16.8 Å². The van der Waals surface area contributed by atoms with E-state index in [0.717, 1.165) is 50.5 Å². The van der Waals surface area contributed by atoms with E-state index in [-0.39, 0.29) is 5.91 Å². The molecule has 0 saturated carbocycles. The van der Waals surface area contributed by atoms with E-state index in [1.807, 2.05) is 0 Å². The van der Waals surface area contributed by atoms with Gasteiger partial charge in [0.2, 0.25) is 0 Å². The maximum Gasteiger partial charge on any atom is 0.252 e. The molecule has 2 aromatic heterocycles. The summed E-state index contributed by atoms with van der Waals surface area (Å²) in [5.41, 5.74) is 2.14. The van der Waals surface area contributed by atoms with Crippen molar-refractivity contribution >= 4 is 5.91 Å². The fourth-order valence-electron chi connectivity index (χ4n) is 2.56. The molecule has 126 valence electrons. The average molecular weight is 327 g/mol. The van der Waals surface area contributed by atoms with Gasteiger partial charge in [0, 0.05) is 43.8 Å². The van der Waals surface area contributed by atoms with E-state index in [2.05, 4.69) is 25.2 Å². The van der Waals surface area contributed by atoms with Gasteiger partial charge in [-0.2, -0.15) is 0 Å². The lowest BCUT2D eigenvalue weighted by Gasteiger charge is -2.26. The van der Waals surface area contributed by atoms with Crippen LogP contribution in [0.25, 0.3) is 11.3 Å². The molecule has 1 N–H and O–H groups in total. The number of pyridine rings is 1. The Bertz CT molecular complexity index is 642. The van der Waals surface area contributed by atoms with Crippen LogP contribution in [0.2, 0.25) is 0 Å². The zero-order valence-corrected chi connectivity index (χ0v) is 13.5. The lowest BCUT2D eigenvalue weighted by molar-refractivity contribution is 0.0374. The van der Waals surface area contributed by atoms with Crippen molar-refractivity contribution in [3.8, 4) is 11.3 Å². The molecule has 2 aromatic rings. The Morgan fingerprint density at radius 1 is 1.17 bits per heavy atom. The maximum atomic E-state index is 12.1. The number of carbonyl (C=O) groups excluding carboxylic acids is 1. The largest absolute Gasteiger partial charge is 0.379 e. The van der Waals surface area contributed by atoms with Gasteiger partial charge < -0.3 is 10.1 Å². The van der Waals surface area contributed by atoms with Crippen molar-refractivity contribution in [3.05, 3.63) is 42.6 Å². The van der Waals surface area contributed by atoms with E-state index < -0.39 is 0 Å². The summed E-state index contributed by atoms with van der Waals surface area (Å²) in [5, 5.41) is 2.94. The van der Waals surface area contributed by atoms with Gasteiger partial charge in [0.1, 0.15) is 6.33 Å². The van der Waals surface area contributed by atoms with E-state index >= 15 is 0 Å². The topological polar surface area (TPSA) is 80.2 Å². The Balaban J connectivity index is 1.45. The number of nitrogens with one attached hydrogen (secondary N) is 1. The minimum atomic E-state index is -0.0969. The number of hydrogen-bond donors (Lipinski definition) is 1. The van der Waals surface area contributed by atoms with Crippen LogP contribution in [-0.4, -0.2) is 65.2 Å². The van der Waals surface area contributed by atoms with Gasteiger partial charge in [-0.05, 0) is 25.1 Å². The Labute approximate surface area is 141 Å². The molecular formula is C17H21N5O2. The van der Waals surface area contributed by atoms with Gasteiger partial charge in [-0.3, -0.25) is 14.7 Å². The van der Waals surface area contributed by atoms with Crippen molar-refractivity contribution in [1.82, 2.24) is 25.2 Å². The molecule has 3 heterocycles. The van der Waals surface area contributed by atoms with E-state index in [9.17, 15) is 4.79 Å². The maximum absolute atomic E-state index is 12.1. The molecule has 1 aliphatic heterocycles. The third kappa shape index (κ3) is 4.56. The van der Waals surface area contributed by atoms with Gasteiger partial charge in [0.05, 0.1) is 24.5 Å². The van der Waals surface area contributed by atoms with Gasteiger partial charge in [-0.15, -0.1) is 0 Å². The molecule has 0 radical (unpaired) electrons. The van der Waals surface area contributed by atoms with Crippen LogP contribution in [0.5, 0.6) is 0 Å². The van der Waals surface area contributed by atoms with E-state index in [1.54, 1.807) is 30.7 Å². The molecule has 0 aliphatic carbocycles. The van der Waals surface area contributed by atoms with Crippen molar-refractivity contribution in [2.45, 2.75) is 6.42 Å². The highest BCUT2D eigenvalue weighted by atomic mass is 16.5. The molecule has 3 rings (SSSR count). The summed E-state index contributed by atoms with van der Waals surface area (Å²) in [4.78, 5) is 26.7.